The molecule has 0 atom stereocenters. The van der Waals surface area contributed by atoms with Gasteiger partial charge in [-0.1, -0.05) is 23.7 Å². The average Bonchev–Trinajstić information content (AvgIpc) is 2.32. The van der Waals surface area contributed by atoms with Crippen LogP contribution in [0.25, 0.3) is 0 Å². The summed E-state index contributed by atoms with van der Waals surface area (Å²) in [6.07, 6.45) is 1.09. The maximum Gasteiger partial charge on any atom is 0.305 e. The van der Waals surface area contributed by atoms with Crippen LogP contribution in [0.1, 0.15) is 35.2 Å². The number of methoxy groups -OCH3 is 1. The normalized spacial score (nSPS) is 10.1. The van der Waals surface area contributed by atoms with E-state index in [0.29, 0.717) is 23.4 Å². The Bertz CT molecular complexity index is 427. The molecule has 0 aliphatic carbocycles. The summed E-state index contributed by atoms with van der Waals surface area (Å²) >= 11 is 5.94. The summed E-state index contributed by atoms with van der Waals surface area (Å²) in [4.78, 5) is 22.8. The maximum atomic E-state index is 11.9. The molecular formula is C13H15ClO3. The fourth-order valence-corrected chi connectivity index (χ4v) is 1.71. The minimum atomic E-state index is -0.291. The van der Waals surface area contributed by atoms with Crippen molar-refractivity contribution in [2.24, 2.45) is 0 Å². The molecule has 0 N–H and O–H groups in total. The van der Waals surface area contributed by atoms with Crippen molar-refractivity contribution < 1.29 is 14.3 Å². The number of rotatable bonds is 5. The zero-order chi connectivity index (χ0) is 12.8. The highest BCUT2D eigenvalue weighted by molar-refractivity contribution is 6.31. The fourth-order valence-electron chi connectivity index (χ4n) is 1.54. The first-order valence-electron chi connectivity index (χ1n) is 5.41. The van der Waals surface area contributed by atoms with Crippen LogP contribution in [-0.4, -0.2) is 18.9 Å². The number of hydrogen-bond donors (Lipinski definition) is 0. The topological polar surface area (TPSA) is 43.4 Å². The molecule has 0 spiro atoms. The zero-order valence-electron chi connectivity index (χ0n) is 9.96. The molecule has 0 unspecified atom stereocenters. The number of halogens is 1. The Morgan fingerprint density at radius 1 is 1.29 bits per heavy atom. The van der Waals surface area contributed by atoms with Crippen molar-refractivity contribution in [3.05, 3.63) is 34.3 Å². The SMILES string of the molecule is COC(=O)CCCC(=O)c1cccc(Cl)c1C. The molecule has 1 aromatic rings. The molecule has 17 heavy (non-hydrogen) atoms. The van der Waals surface area contributed by atoms with Crippen molar-refractivity contribution in [2.45, 2.75) is 26.2 Å². The van der Waals surface area contributed by atoms with Crippen molar-refractivity contribution in [1.82, 2.24) is 0 Å². The summed E-state index contributed by atoms with van der Waals surface area (Å²) in [5, 5.41) is 0.587. The third-order valence-electron chi connectivity index (χ3n) is 2.58. The minimum absolute atomic E-state index is 0.00824. The molecule has 0 saturated heterocycles. The summed E-state index contributed by atoms with van der Waals surface area (Å²) in [5.41, 5.74) is 1.42. The van der Waals surface area contributed by atoms with Crippen molar-refractivity contribution >= 4 is 23.4 Å². The van der Waals surface area contributed by atoms with E-state index in [9.17, 15) is 9.59 Å². The van der Waals surface area contributed by atoms with Crippen molar-refractivity contribution in [3.8, 4) is 0 Å². The molecule has 1 aromatic carbocycles. The summed E-state index contributed by atoms with van der Waals surface area (Å²) in [6.45, 7) is 1.82. The lowest BCUT2D eigenvalue weighted by atomic mass is 10.0. The van der Waals surface area contributed by atoms with Crippen LogP contribution in [0.15, 0.2) is 18.2 Å². The van der Waals surface area contributed by atoms with Crippen LogP contribution < -0.4 is 0 Å². The van der Waals surface area contributed by atoms with Gasteiger partial charge in [0.15, 0.2) is 5.78 Å². The molecule has 0 heterocycles. The first kappa shape index (κ1) is 13.7. The lowest BCUT2D eigenvalue weighted by molar-refractivity contribution is -0.140. The Morgan fingerprint density at radius 3 is 2.65 bits per heavy atom. The van der Waals surface area contributed by atoms with Crippen LogP contribution in [0.5, 0.6) is 0 Å². The summed E-state index contributed by atoms with van der Waals surface area (Å²) in [7, 11) is 1.34. The van der Waals surface area contributed by atoms with Gasteiger partial charge in [-0.2, -0.15) is 0 Å². The maximum absolute atomic E-state index is 11.9. The highest BCUT2D eigenvalue weighted by Crippen LogP contribution is 2.20. The number of Topliss-reactive ketones (excluding diaryl/α,β-unsaturated/α-hetero) is 1. The van der Waals surface area contributed by atoms with Crippen LogP contribution >= 0.6 is 11.6 Å². The van der Waals surface area contributed by atoms with Crippen LogP contribution in [0.4, 0.5) is 0 Å². The van der Waals surface area contributed by atoms with E-state index in [1.165, 1.54) is 7.11 Å². The monoisotopic (exact) mass is 254 g/mol. The predicted molar refractivity (Wildman–Crippen MR) is 66.4 cm³/mol. The van der Waals surface area contributed by atoms with E-state index in [1.54, 1.807) is 18.2 Å². The van der Waals surface area contributed by atoms with Crippen LogP contribution in [0, 0.1) is 6.92 Å². The molecular weight excluding hydrogens is 240 g/mol. The standard InChI is InChI=1S/C13H15ClO3/c1-9-10(5-3-6-11(9)14)12(15)7-4-8-13(16)17-2/h3,5-6H,4,7-8H2,1-2H3. The third kappa shape index (κ3) is 3.86. The van der Waals surface area contributed by atoms with E-state index >= 15 is 0 Å². The van der Waals surface area contributed by atoms with E-state index in [1.807, 2.05) is 6.92 Å². The zero-order valence-corrected chi connectivity index (χ0v) is 10.7. The number of carbonyl (C=O) groups excluding carboxylic acids is 2. The molecule has 4 heteroatoms. The molecule has 0 fully saturated rings. The Balaban J connectivity index is 2.59. The smallest absolute Gasteiger partial charge is 0.305 e. The number of ketones is 1. The molecule has 0 aromatic heterocycles. The minimum Gasteiger partial charge on any atom is -0.469 e. The molecule has 1 rings (SSSR count). The molecule has 92 valence electrons. The summed E-state index contributed by atoms with van der Waals surface area (Å²) in [5.74, 6) is -0.283. The molecule has 0 amide bonds. The second-order valence-electron chi connectivity index (χ2n) is 3.77. The second-order valence-corrected chi connectivity index (χ2v) is 4.17. The molecule has 3 nitrogen and oxygen atoms in total. The fraction of sp³-hybridized carbons (Fsp3) is 0.385. The summed E-state index contributed by atoms with van der Waals surface area (Å²) < 4.78 is 4.51. The molecule has 0 saturated carbocycles. The van der Waals surface area contributed by atoms with Crippen LogP contribution in [-0.2, 0) is 9.53 Å². The number of carbonyl (C=O) groups is 2. The largest absolute Gasteiger partial charge is 0.469 e. The van der Waals surface area contributed by atoms with E-state index in [0.717, 1.165) is 5.56 Å². The van der Waals surface area contributed by atoms with Crippen molar-refractivity contribution in [2.75, 3.05) is 7.11 Å². The van der Waals surface area contributed by atoms with Gasteiger partial charge in [0.2, 0.25) is 0 Å². The Kier molecular flexibility index (Phi) is 5.16. The van der Waals surface area contributed by atoms with Gasteiger partial charge in [-0.3, -0.25) is 9.59 Å². The Morgan fingerprint density at radius 2 is 2.00 bits per heavy atom. The van der Waals surface area contributed by atoms with Gasteiger partial charge in [0.05, 0.1) is 7.11 Å². The van der Waals surface area contributed by atoms with Gasteiger partial charge < -0.3 is 4.74 Å². The quantitative estimate of drug-likeness (QED) is 0.599. The van der Waals surface area contributed by atoms with Gasteiger partial charge in [0.1, 0.15) is 0 Å². The highest BCUT2D eigenvalue weighted by atomic mass is 35.5. The molecule has 0 radical (unpaired) electrons. The van der Waals surface area contributed by atoms with Gasteiger partial charge in [-0.25, -0.2) is 0 Å². The van der Waals surface area contributed by atoms with E-state index in [2.05, 4.69) is 4.74 Å². The van der Waals surface area contributed by atoms with Gasteiger partial charge in [-0.15, -0.1) is 0 Å². The number of hydrogen-bond acceptors (Lipinski definition) is 3. The number of ether oxygens (including phenoxy) is 1. The van der Waals surface area contributed by atoms with Gasteiger partial charge in [0, 0.05) is 23.4 Å². The van der Waals surface area contributed by atoms with Gasteiger partial charge in [0.25, 0.3) is 0 Å². The third-order valence-corrected chi connectivity index (χ3v) is 2.99. The van der Waals surface area contributed by atoms with E-state index in [4.69, 9.17) is 11.6 Å². The van der Waals surface area contributed by atoms with E-state index < -0.39 is 0 Å². The van der Waals surface area contributed by atoms with Crippen molar-refractivity contribution in [1.29, 1.82) is 0 Å². The van der Waals surface area contributed by atoms with Gasteiger partial charge in [-0.05, 0) is 25.0 Å². The Hall–Kier alpha value is -1.35. The number of esters is 1. The lowest BCUT2D eigenvalue weighted by Gasteiger charge is -2.06. The number of benzene rings is 1. The van der Waals surface area contributed by atoms with Crippen LogP contribution in [0.2, 0.25) is 5.02 Å². The molecule has 0 aliphatic rings. The average molecular weight is 255 g/mol. The Labute approximate surface area is 106 Å². The molecule has 0 bridgehead atoms. The van der Waals surface area contributed by atoms with Crippen molar-refractivity contribution in [3.63, 3.8) is 0 Å². The first-order chi connectivity index (χ1) is 8.06. The van der Waals surface area contributed by atoms with E-state index in [-0.39, 0.29) is 18.2 Å². The molecule has 0 aliphatic heterocycles. The van der Waals surface area contributed by atoms with Crippen LogP contribution in [0.3, 0.4) is 0 Å². The lowest BCUT2D eigenvalue weighted by Crippen LogP contribution is -2.05. The second kappa shape index (κ2) is 6.40. The highest BCUT2D eigenvalue weighted by Gasteiger charge is 2.11. The summed E-state index contributed by atoms with van der Waals surface area (Å²) in [6, 6.07) is 5.26. The predicted octanol–water partition coefficient (Wildman–Crippen LogP) is 3.17. The first-order valence-corrected chi connectivity index (χ1v) is 5.79. The van der Waals surface area contributed by atoms with Gasteiger partial charge >= 0.3 is 5.97 Å².